The fourth-order valence-corrected chi connectivity index (χ4v) is 3.33. The standard InChI is InChI=1S/C18H22N4O/c1-22-7-4-14(5-8-22)15-11-19-16-2-3-17(21-18(15)16)20-10-13-6-9-23-12-13/h2-3,6,9,11-12,14,19H,4-5,7-8,10H2,1H3,(H,20,21). The number of H-pyrrole nitrogens is 1. The van der Waals surface area contributed by atoms with Crippen molar-refractivity contribution in [1.29, 1.82) is 0 Å². The van der Waals surface area contributed by atoms with E-state index in [1.165, 1.54) is 18.4 Å². The summed E-state index contributed by atoms with van der Waals surface area (Å²) in [7, 11) is 2.20. The molecule has 0 spiro atoms. The van der Waals surface area contributed by atoms with Crippen LogP contribution in [-0.4, -0.2) is 35.0 Å². The Labute approximate surface area is 135 Å². The zero-order valence-corrected chi connectivity index (χ0v) is 13.4. The van der Waals surface area contributed by atoms with Crippen LogP contribution < -0.4 is 5.32 Å². The van der Waals surface area contributed by atoms with E-state index in [9.17, 15) is 0 Å². The number of rotatable bonds is 4. The highest BCUT2D eigenvalue weighted by atomic mass is 16.3. The summed E-state index contributed by atoms with van der Waals surface area (Å²) >= 11 is 0. The largest absolute Gasteiger partial charge is 0.472 e. The third-order valence-corrected chi connectivity index (χ3v) is 4.76. The van der Waals surface area contributed by atoms with Gasteiger partial charge in [0.1, 0.15) is 5.82 Å². The summed E-state index contributed by atoms with van der Waals surface area (Å²) in [4.78, 5) is 10.6. The molecule has 0 aromatic carbocycles. The zero-order valence-electron chi connectivity index (χ0n) is 13.4. The van der Waals surface area contributed by atoms with Crippen LogP contribution in [0.1, 0.15) is 29.9 Å². The first-order valence-electron chi connectivity index (χ1n) is 8.21. The molecule has 23 heavy (non-hydrogen) atoms. The van der Waals surface area contributed by atoms with Gasteiger partial charge in [-0.15, -0.1) is 0 Å². The number of likely N-dealkylation sites (tertiary alicyclic amines) is 1. The molecule has 5 heteroatoms. The molecule has 1 aliphatic heterocycles. The first kappa shape index (κ1) is 14.3. The summed E-state index contributed by atoms with van der Waals surface area (Å²) in [5, 5.41) is 3.37. The molecule has 0 bridgehead atoms. The molecular weight excluding hydrogens is 288 g/mol. The van der Waals surface area contributed by atoms with Crippen molar-refractivity contribution in [3.8, 4) is 0 Å². The summed E-state index contributed by atoms with van der Waals surface area (Å²) in [6.07, 6.45) is 8.01. The maximum Gasteiger partial charge on any atom is 0.127 e. The first-order chi connectivity index (χ1) is 11.3. The number of aromatic nitrogens is 2. The summed E-state index contributed by atoms with van der Waals surface area (Å²) in [6, 6.07) is 6.10. The molecule has 2 N–H and O–H groups in total. The van der Waals surface area contributed by atoms with Crippen LogP contribution in [0.4, 0.5) is 5.82 Å². The van der Waals surface area contributed by atoms with Crippen LogP contribution in [0.5, 0.6) is 0 Å². The van der Waals surface area contributed by atoms with E-state index < -0.39 is 0 Å². The Bertz CT molecular complexity index is 770. The van der Waals surface area contributed by atoms with Crippen LogP contribution >= 0.6 is 0 Å². The smallest absolute Gasteiger partial charge is 0.127 e. The lowest BCUT2D eigenvalue weighted by molar-refractivity contribution is 0.256. The van der Waals surface area contributed by atoms with Gasteiger partial charge >= 0.3 is 0 Å². The van der Waals surface area contributed by atoms with E-state index in [0.29, 0.717) is 5.92 Å². The Kier molecular flexibility index (Phi) is 3.79. The van der Waals surface area contributed by atoms with Crippen LogP contribution in [0.3, 0.4) is 0 Å². The number of hydrogen-bond acceptors (Lipinski definition) is 4. The van der Waals surface area contributed by atoms with Crippen molar-refractivity contribution in [2.75, 3.05) is 25.5 Å². The summed E-state index contributed by atoms with van der Waals surface area (Å²) in [5.41, 5.74) is 4.71. The van der Waals surface area contributed by atoms with Gasteiger partial charge in [-0.1, -0.05) is 0 Å². The van der Waals surface area contributed by atoms with Crippen molar-refractivity contribution in [2.45, 2.75) is 25.3 Å². The monoisotopic (exact) mass is 310 g/mol. The first-order valence-corrected chi connectivity index (χ1v) is 8.21. The summed E-state index contributed by atoms with van der Waals surface area (Å²) in [5.74, 6) is 1.52. The predicted molar refractivity (Wildman–Crippen MR) is 91.6 cm³/mol. The Morgan fingerprint density at radius 2 is 2.17 bits per heavy atom. The number of aromatic amines is 1. The molecule has 3 aromatic heterocycles. The average molecular weight is 310 g/mol. The van der Waals surface area contributed by atoms with Crippen molar-refractivity contribution >= 4 is 16.9 Å². The van der Waals surface area contributed by atoms with Gasteiger partial charge in [0.05, 0.1) is 23.6 Å². The van der Waals surface area contributed by atoms with Gasteiger partial charge in [0, 0.05) is 18.3 Å². The number of hydrogen-bond donors (Lipinski definition) is 2. The molecule has 0 saturated carbocycles. The van der Waals surface area contributed by atoms with Crippen molar-refractivity contribution in [3.05, 3.63) is 48.0 Å². The van der Waals surface area contributed by atoms with Gasteiger partial charge in [0.15, 0.2) is 0 Å². The molecule has 5 nitrogen and oxygen atoms in total. The van der Waals surface area contributed by atoms with Crippen molar-refractivity contribution in [3.63, 3.8) is 0 Å². The van der Waals surface area contributed by atoms with E-state index in [-0.39, 0.29) is 0 Å². The Morgan fingerprint density at radius 3 is 2.96 bits per heavy atom. The van der Waals surface area contributed by atoms with E-state index in [2.05, 4.69) is 34.5 Å². The number of fused-ring (bicyclic) bond motifs is 1. The van der Waals surface area contributed by atoms with Gasteiger partial charge in [0.25, 0.3) is 0 Å². The number of piperidine rings is 1. The van der Waals surface area contributed by atoms with E-state index >= 15 is 0 Å². The minimum atomic E-state index is 0.608. The fourth-order valence-electron chi connectivity index (χ4n) is 3.33. The Morgan fingerprint density at radius 1 is 1.30 bits per heavy atom. The highest BCUT2D eigenvalue weighted by molar-refractivity contribution is 5.81. The van der Waals surface area contributed by atoms with Gasteiger partial charge < -0.3 is 19.6 Å². The second kappa shape index (κ2) is 6.08. The molecular formula is C18H22N4O. The van der Waals surface area contributed by atoms with Gasteiger partial charge in [0.2, 0.25) is 0 Å². The van der Waals surface area contributed by atoms with E-state index in [1.54, 1.807) is 12.5 Å². The molecule has 1 fully saturated rings. The van der Waals surface area contributed by atoms with E-state index in [4.69, 9.17) is 9.40 Å². The predicted octanol–water partition coefficient (Wildman–Crippen LogP) is 3.58. The topological polar surface area (TPSA) is 57.1 Å². The molecule has 1 saturated heterocycles. The lowest BCUT2D eigenvalue weighted by Gasteiger charge is -2.28. The molecule has 0 aliphatic carbocycles. The van der Waals surface area contributed by atoms with Gasteiger partial charge in [-0.2, -0.15) is 0 Å². The third-order valence-electron chi connectivity index (χ3n) is 4.76. The molecule has 0 unspecified atom stereocenters. The minimum Gasteiger partial charge on any atom is -0.472 e. The molecule has 120 valence electrons. The van der Waals surface area contributed by atoms with Crippen molar-refractivity contribution in [2.24, 2.45) is 0 Å². The van der Waals surface area contributed by atoms with Crippen LogP contribution in [0.25, 0.3) is 11.0 Å². The summed E-state index contributed by atoms with van der Waals surface area (Å²) < 4.78 is 5.10. The molecule has 3 aromatic rings. The molecule has 0 radical (unpaired) electrons. The zero-order chi connectivity index (χ0) is 15.6. The highest BCUT2D eigenvalue weighted by Crippen LogP contribution is 2.32. The maximum absolute atomic E-state index is 5.10. The van der Waals surface area contributed by atoms with Crippen LogP contribution in [0, 0.1) is 0 Å². The SMILES string of the molecule is CN1CCC(c2c[nH]c3ccc(NCc4ccoc4)nc23)CC1. The normalized spacial score (nSPS) is 16.9. The number of furan rings is 1. The molecule has 0 atom stereocenters. The third kappa shape index (κ3) is 2.97. The average Bonchev–Trinajstić information content (AvgIpc) is 3.23. The lowest BCUT2D eigenvalue weighted by atomic mass is 9.91. The fraction of sp³-hybridized carbons (Fsp3) is 0.389. The van der Waals surface area contributed by atoms with Gasteiger partial charge in [-0.05, 0) is 62.7 Å². The molecule has 1 aliphatic rings. The van der Waals surface area contributed by atoms with Gasteiger partial charge in [-0.3, -0.25) is 0 Å². The maximum atomic E-state index is 5.10. The molecule has 0 amide bonds. The molecule has 4 rings (SSSR count). The van der Waals surface area contributed by atoms with Crippen molar-refractivity contribution < 1.29 is 4.42 Å². The van der Waals surface area contributed by atoms with Crippen LogP contribution in [0.15, 0.2) is 41.3 Å². The Balaban J connectivity index is 1.56. The quantitative estimate of drug-likeness (QED) is 0.773. The number of nitrogens with zero attached hydrogens (tertiary/aromatic N) is 2. The Hall–Kier alpha value is -2.27. The minimum absolute atomic E-state index is 0.608. The lowest BCUT2D eigenvalue weighted by Crippen LogP contribution is -2.29. The summed E-state index contributed by atoms with van der Waals surface area (Å²) in [6.45, 7) is 3.05. The number of anilines is 1. The van der Waals surface area contributed by atoms with Crippen LogP contribution in [0.2, 0.25) is 0 Å². The molecule has 4 heterocycles. The second-order valence-electron chi connectivity index (χ2n) is 6.40. The second-order valence-corrected chi connectivity index (χ2v) is 6.40. The number of pyridine rings is 1. The van der Waals surface area contributed by atoms with Crippen LogP contribution in [-0.2, 0) is 6.54 Å². The highest BCUT2D eigenvalue weighted by Gasteiger charge is 2.21. The van der Waals surface area contributed by atoms with E-state index in [0.717, 1.165) is 42.0 Å². The van der Waals surface area contributed by atoms with Gasteiger partial charge in [-0.25, -0.2) is 4.98 Å². The van der Waals surface area contributed by atoms with E-state index in [1.807, 2.05) is 12.1 Å². The van der Waals surface area contributed by atoms with Crippen molar-refractivity contribution in [1.82, 2.24) is 14.9 Å². The number of nitrogens with one attached hydrogen (secondary N) is 2.